The van der Waals surface area contributed by atoms with E-state index in [2.05, 4.69) is 31.2 Å². The lowest BCUT2D eigenvalue weighted by atomic mass is 9.85. The minimum absolute atomic E-state index is 0.0491. The van der Waals surface area contributed by atoms with Crippen LogP contribution in [-0.4, -0.2) is 36.0 Å². The summed E-state index contributed by atoms with van der Waals surface area (Å²) in [6, 6.07) is 0.457. The monoisotopic (exact) mass is 354 g/mol. The Labute approximate surface area is 133 Å². The molecule has 1 atom stereocenters. The highest BCUT2D eigenvalue weighted by Gasteiger charge is 2.25. The molecule has 1 saturated carbocycles. The van der Waals surface area contributed by atoms with Crippen molar-refractivity contribution >= 4 is 21.6 Å². The van der Waals surface area contributed by atoms with Crippen LogP contribution in [-0.2, 0) is 6.54 Å². The summed E-state index contributed by atoms with van der Waals surface area (Å²) >= 11 is 3.52. The first kappa shape index (κ1) is 15.0. The van der Waals surface area contributed by atoms with Gasteiger partial charge in [-0.2, -0.15) is 5.10 Å². The molecular weight excluding hydrogens is 332 g/mol. The minimum Gasteiger partial charge on any atom is -0.365 e. The molecule has 1 aliphatic carbocycles. The van der Waals surface area contributed by atoms with Crippen molar-refractivity contribution in [3.63, 3.8) is 0 Å². The van der Waals surface area contributed by atoms with Crippen molar-refractivity contribution in [3.8, 4) is 0 Å². The molecule has 0 radical (unpaired) electrons. The Kier molecular flexibility index (Phi) is 4.64. The van der Waals surface area contributed by atoms with Gasteiger partial charge in [-0.1, -0.05) is 6.42 Å². The van der Waals surface area contributed by atoms with Crippen molar-refractivity contribution in [1.29, 1.82) is 0 Å². The molecule has 0 spiro atoms. The number of rotatable bonds is 4. The van der Waals surface area contributed by atoms with Gasteiger partial charge in [0.25, 0.3) is 5.56 Å². The van der Waals surface area contributed by atoms with Crippen molar-refractivity contribution < 1.29 is 0 Å². The average molecular weight is 355 g/mol. The smallest absolute Gasteiger partial charge is 0.291 e. The van der Waals surface area contributed by atoms with Gasteiger partial charge in [-0.15, -0.1) is 0 Å². The van der Waals surface area contributed by atoms with Crippen molar-refractivity contribution in [2.45, 2.75) is 44.7 Å². The lowest BCUT2D eigenvalue weighted by molar-refractivity contribution is 0.261. The summed E-state index contributed by atoms with van der Waals surface area (Å²) in [5, 5.41) is 7.64. The van der Waals surface area contributed by atoms with Crippen LogP contribution in [0.4, 0.5) is 5.69 Å². The number of aromatic nitrogens is 2. The van der Waals surface area contributed by atoms with Gasteiger partial charge in [-0.3, -0.25) is 4.79 Å². The van der Waals surface area contributed by atoms with E-state index in [-0.39, 0.29) is 5.56 Å². The Morgan fingerprint density at radius 2 is 2.19 bits per heavy atom. The maximum atomic E-state index is 12.8. The molecule has 21 heavy (non-hydrogen) atoms. The Balaban J connectivity index is 1.85. The molecule has 0 bridgehead atoms. The number of halogens is 1. The summed E-state index contributed by atoms with van der Waals surface area (Å²) in [5.74, 6) is 0.635. The topological polar surface area (TPSA) is 50.2 Å². The van der Waals surface area contributed by atoms with Gasteiger partial charge >= 0.3 is 0 Å². The SMILES string of the molecule is CNC1CCCN(c2c(Br)cnn(CC3CCC3)c2=O)C1. The normalized spacial score (nSPS) is 23.1. The summed E-state index contributed by atoms with van der Waals surface area (Å²) in [7, 11) is 1.99. The fourth-order valence-corrected chi connectivity index (χ4v) is 3.72. The van der Waals surface area contributed by atoms with Crippen LogP contribution >= 0.6 is 15.9 Å². The number of anilines is 1. The van der Waals surface area contributed by atoms with Crippen molar-refractivity contribution in [1.82, 2.24) is 15.1 Å². The predicted octanol–water partition coefficient (Wildman–Crippen LogP) is 1.99. The van der Waals surface area contributed by atoms with Crippen molar-refractivity contribution in [2.24, 2.45) is 5.92 Å². The second-order valence-electron chi connectivity index (χ2n) is 6.20. The van der Waals surface area contributed by atoms with E-state index in [1.54, 1.807) is 10.9 Å². The van der Waals surface area contributed by atoms with E-state index in [4.69, 9.17) is 0 Å². The van der Waals surface area contributed by atoms with E-state index >= 15 is 0 Å². The van der Waals surface area contributed by atoms with E-state index in [9.17, 15) is 4.79 Å². The summed E-state index contributed by atoms with van der Waals surface area (Å²) in [5.41, 5.74) is 0.831. The van der Waals surface area contributed by atoms with E-state index in [0.29, 0.717) is 12.0 Å². The molecule has 3 rings (SSSR count). The first-order chi connectivity index (χ1) is 10.2. The third-order valence-corrected chi connectivity index (χ3v) is 5.36. The van der Waals surface area contributed by atoms with Crippen LogP contribution in [0, 0.1) is 5.92 Å². The molecule has 1 N–H and O–H groups in total. The Bertz CT molecular complexity index is 555. The van der Waals surface area contributed by atoms with Crippen LogP contribution in [0.1, 0.15) is 32.1 Å². The molecule has 116 valence electrons. The second kappa shape index (κ2) is 6.48. The third-order valence-electron chi connectivity index (χ3n) is 4.78. The molecule has 0 aromatic carbocycles. The molecule has 2 heterocycles. The molecule has 5 nitrogen and oxygen atoms in total. The van der Waals surface area contributed by atoms with Gasteiger partial charge < -0.3 is 10.2 Å². The van der Waals surface area contributed by atoms with Crippen LogP contribution in [0.5, 0.6) is 0 Å². The van der Waals surface area contributed by atoms with Crippen LogP contribution in [0.15, 0.2) is 15.5 Å². The van der Waals surface area contributed by atoms with Crippen LogP contribution < -0.4 is 15.8 Å². The van der Waals surface area contributed by atoms with E-state index < -0.39 is 0 Å². The van der Waals surface area contributed by atoms with E-state index in [0.717, 1.165) is 36.2 Å². The van der Waals surface area contributed by atoms with Crippen LogP contribution in [0.3, 0.4) is 0 Å². The van der Waals surface area contributed by atoms with E-state index in [1.165, 1.54) is 25.7 Å². The number of hydrogen-bond acceptors (Lipinski definition) is 4. The maximum absolute atomic E-state index is 12.8. The van der Waals surface area contributed by atoms with Gasteiger partial charge in [0.1, 0.15) is 5.69 Å². The largest absolute Gasteiger partial charge is 0.365 e. The predicted molar refractivity (Wildman–Crippen MR) is 87.8 cm³/mol. The molecule has 2 aliphatic rings. The highest BCUT2D eigenvalue weighted by Crippen LogP contribution is 2.28. The second-order valence-corrected chi connectivity index (χ2v) is 7.05. The fraction of sp³-hybridized carbons (Fsp3) is 0.733. The molecule has 1 unspecified atom stereocenters. The molecule has 1 saturated heterocycles. The molecule has 6 heteroatoms. The number of nitrogens with zero attached hydrogens (tertiary/aromatic N) is 3. The highest BCUT2D eigenvalue weighted by atomic mass is 79.9. The number of likely N-dealkylation sites (N-methyl/N-ethyl adjacent to an activating group) is 1. The van der Waals surface area contributed by atoms with Gasteiger partial charge in [-0.05, 0) is 54.6 Å². The van der Waals surface area contributed by atoms with Gasteiger partial charge in [0.05, 0.1) is 10.7 Å². The van der Waals surface area contributed by atoms with Crippen LogP contribution in [0.25, 0.3) is 0 Å². The quantitative estimate of drug-likeness (QED) is 0.898. The van der Waals surface area contributed by atoms with Gasteiger partial charge in [0, 0.05) is 25.7 Å². The Hall–Kier alpha value is -0.880. The summed E-state index contributed by atoms with van der Waals surface area (Å²) in [4.78, 5) is 15.0. The van der Waals surface area contributed by atoms with Gasteiger partial charge in [0.2, 0.25) is 0 Å². The highest BCUT2D eigenvalue weighted by molar-refractivity contribution is 9.10. The van der Waals surface area contributed by atoms with Crippen molar-refractivity contribution in [2.75, 3.05) is 25.0 Å². The van der Waals surface area contributed by atoms with Crippen molar-refractivity contribution in [3.05, 3.63) is 21.0 Å². The molecule has 1 aromatic rings. The zero-order valence-electron chi connectivity index (χ0n) is 12.5. The van der Waals surface area contributed by atoms with E-state index in [1.807, 2.05) is 7.05 Å². The molecule has 2 fully saturated rings. The molecule has 1 aliphatic heterocycles. The van der Waals surface area contributed by atoms with Crippen LogP contribution in [0.2, 0.25) is 0 Å². The zero-order chi connectivity index (χ0) is 14.8. The number of nitrogens with one attached hydrogen (secondary N) is 1. The fourth-order valence-electron chi connectivity index (χ4n) is 3.21. The van der Waals surface area contributed by atoms with Gasteiger partial charge in [-0.25, -0.2) is 4.68 Å². The average Bonchev–Trinajstić information content (AvgIpc) is 2.45. The number of hydrogen-bond donors (Lipinski definition) is 1. The first-order valence-corrected chi connectivity index (χ1v) is 8.66. The van der Waals surface area contributed by atoms with Gasteiger partial charge in [0.15, 0.2) is 0 Å². The summed E-state index contributed by atoms with van der Waals surface area (Å²) < 4.78 is 2.47. The number of piperidine rings is 1. The third kappa shape index (κ3) is 3.16. The minimum atomic E-state index is 0.0491. The summed E-state index contributed by atoms with van der Waals surface area (Å²) in [6.07, 6.45) is 7.81. The Morgan fingerprint density at radius 1 is 1.38 bits per heavy atom. The first-order valence-electron chi connectivity index (χ1n) is 7.87. The standard InChI is InChI=1S/C15H23BrN4O/c1-17-12-6-3-7-19(10-12)14-13(16)8-18-20(15(14)21)9-11-4-2-5-11/h8,11-12,17H,2-7,9-10H2,1H3. The summed E-state index contributed by atoms with van der Waals surface area (Å²) in [6.45, 7) is 2.60. The lowest BCUT2D eigenvalue weighted by Gasteiger charge is -2.34. The molecular formula is C15H23BrN4O. The maximum Gasteiger partial charge on any atom is 0.291 e. The Morgan fingerprint density at radius 3 is 2.86 bits per heavy atom. The lowest BCUT2D eigenvalue weighted by Crippen LogP contribution is -2.47. The molecule has 0 amide bonds. The molecule has 1 aromatic heterocycles. The zero-order valence-corrected chi connectivity index (χ0v) is 14.1.